The molecule has 1 heterocycles. The summed E-state index contributed by atoms with van der Waals surface area (Å²) in [6.07, 6.45) is 1.90. The predicted molar refractivity (Wildman–Crippen MR) is 127 cm³/mol. The molecule has 4 rings (SSSR count). The van der Waals surface area contributed by atoms with Crippen molar-refractivity contribution in [1.29, 1.82) is 0 Å². The first-order valence-corrected chi connectivity index (χ1v) is 11.1. The van der Waals surface area contributed by atoms with Crippen LogP contribution in [-0.2, 0) is 4.79 Å². The quantitative estimate of drug-likeness (QED) is 0.525. The molecule has 2 aromatic carbocycles. The zero-order valence-electron chi connectivity index (χ0n) is 18.9. The maximum atomic E-state index is 13.7. The molecule has 34 heavy (non-hydrogen) atoms. The number of benzene rings is 2. The van der Waals surface area contributed by atoms with Gasteiger partial charge in [0.1, 0.15) is 17.2 Å². The first kappa shape index (κ1) is 23.7. The Labute approximate surface area is 201 Å². The Bertz CT molecular complexity index is 1140. The van der Waals surface area contributed by atoms with Crippen molar-refractivity contribution >= 4 is 28.9 Å². The Balaban J connectivity index is 1.78. The number of allylic oxidation sites excluding steroid dienone is 1. The van der Waals surface area contributed by atoms with E-state index in [-0.39, 0.29) is 11.8 Å². The molecule has 180 valence electrons. The number of para-hydroxylation sites is 1. The van der Waals surface area contributed by atoms with Crippen LogP contribution >= 0.6 is 12.2 Å². The molecule has 2 N–H and O–H groups in total. The normalized spacial score (nSPS) is 18.0. The highest BCUT2D eigenvalue weighted by Gasteiger charge is 2.41. The SMILES string of the molecule is COc1ccc(OC)c(NC(=O)C2=C(C)N(C3CC3)C(=S)N[C@@H]2c2ccccc2OC(F)F)c1. The molecule has 1 saturated carbocycles. The molecule has 2 aromatic rings. The van der Waals surface area contributed by atoms with Gasteiger partial charge in [0.05, 0.1) is 31.5 Å². The second kappa shape index (κ2) is 9.84. The molecule has 0 aromatic heterocycles. The Kier molecular flexibility index (Phi) is 6.87. The van der Waals surface area contributed by atoms with E-state index in [2.05, 4.69) is 10.6 Å². The van der Waals surface area contributed by atoms with Gasteiger partial charge >= 0.3 is 6.61 Å². The van der Waals surface area contributed by atoms with Crippen LogP contribution in [0, 0.1) is 0 Å². The van der Waals surface area contributed by atoms with Crippen molar-refractivity contribution in [2.45, 2.75) is 38.5 Å². The third kappa shape index (κ3) is 4.77. The fourth-order valence-electron chi connectivity index (χ4n) is 4.08. The van der Waals surface area contributed by atoms with Gasteiger partial charge < -0.3 is 29.7 Å². The molecule has 0 unspecified atom stereocenters. The van der Waals surface area contributed by atoms with Crippen LogP contribution in [0.5, 0.6) is 17.2 Å². The van der Waals surface area contributed by atoms with Gasteiger partial charge in [-0.25, -0.2) is 0 Å². The van der Waals surface area contributed by atoms with Crippen molar-refractivity contribution in [3.63, 3.8) is 0 Å². The number of halogens is 2. The molecule has 1 aliphatic carbocycles. The monoisotopic (exact) mass is 489 g/mol. The summed E-state index contributed by atoms with van der Waals surface area (Å²) in [6.45, 7) is -1.20. The van der Waals surface area contributed by atoms with Gasteiger partial charge in [0.25, 0.3) is 5.91 Å². The van der Waals surface area contributed by atoms with E-state index < -0.39 is 18.6 Å². The lowest BCUT2D eigenvalue weighted by Crippen LogP contribution is -2.49. The first-order valence-electron chi connectivity index (χ1n) is 10.7. The van der Waals surface area contributed by atoms with Gasteiger partial charge in [0, 0.05) is 23.4 Å². The van der Waals surface area contributed by atoms with Gasteiger partial charge in [-0.1, -0.05) is 18.2 Å². The van der Waals surface area contributed by atoms with E-state index in [4.69, 9.17) is 26.4 Å². The summed E-state index contributed by atoms with van der Waals surface area (Å²) in [5, 5.41) is 6.50. The molecular formula is C24H25F2N3O4S. The Morgan fingerprint density at radius 1 is 1.15 bits per heavy atom. The molecule has 0 bridgehead atoms. The third-order valence-electron chi connectivity index (χ3n) is 5.78. The molecule has 1 fully saturated rings. The van der Waals surface area contributed by atoms with E-state index in [1.807, 2.05) is 11.8 Å². The van der Waals surface area contributed by atoms with E-state index in [0.717, 1.165) is 12.8 Å². The molecule has 1 aliphatic heterocycles. The molecule has 0 radical (unpaired) electrons. The van der Waals surface area contributed by atoms with Crippen molar-refractivity contribution in [3.8, 4) is 17.2 Å². The minimum atomic E-state index is -3.01. The minimum absolute atomic E-state index is 0.0327. The van der Waals surface area contributed by atoms with Crippen molar-refractivity contribution in [3.05, 3.63) is 59.3 Å². The molecule has 7 nitrogen and oxygen atoms in total. The Hall–Kier alpha value is -3.40. The summed E-state index contributed by atoms with van der Waals surface area (Å²) in [4.78, 5) is 15.6. The number of hydrogen-bond donors (Lipinski definition) is 2. The Morgan fingerprint density at radius 3 is 2.53 bits per heavy atom. The molecule has 1 amide bonds. The molecule has 10 heteroatoms. The topological polar surface area (TPSA) is 72.1 Å². The zero-order valence-corrected chi connectivity index (χ0v) is 19.7. The van der Waals surface area contributed by atoms with Crippen LogP contribution in [-0.4, -0.2) is 42.8 Å². The van der Waals surface area contributed by atoms with Gasteiger partial charge in [-0.2, -0.15) is 8.78 Å². The summed E-state index contributed by atoms with van der Waals surface area (Å²) in [5.74, 6) is 0.525. The van der Waals surface area contributed by atoms with Crippen LogP contribution in [0.15, 0.2) is 53.7 Å². The number of rotatable bonds is 8. The number of ether oxygens (including phenoxy) is 3. The number of amides is 1. The predicted octanol–water partition coefficient (Wildman–Crippen LogP) is 4.61. The molecule has 2 aliphatic rings. The largest absolute Gasteiger partial charge is 0.497 e. The number of nitrogens with zero attached hydrogens (tertiary/aromatic N) is 1. The van der Waals surface area contributed by atoms with Gasteiger partial charge in [0.15, 0.2) is 5.11 Å². The summed E-state index contributed by atoms with van der Waals surface area (Å²) < 4.78 is 41.6. The number of carbonyl (C=O) groups is 1. The minimum Gasteiger partial charge on any atom is -0.497 e. The van der Waals surface area contributed by atoms with Gasteiger partial charge in [-0.15, -0.1) is 0 Å². The lowest BCUT2D eigenvalue weighted by Gasteiger charge is -2.38. The van der Waals surface area contributed by atoms with E-state index >= 15 is 0 Å². The smallest absolute Gasteiger partial charge is 0.387 e. The summed E-state index contributed by atoms with van der Waals surface area (Å²) in [5.41, 5.74) is 1.79. The summed E-state index contributed by atoms with van der Waals surface area (Å²) >= 11 is 5.59. The summed E-state index contributed by atoms with van der Waals surface area (Å²) in [6, 6.07) is 10.8. The highest BCUT2D eigenvalue weighted by Crippen LogP contribution is 2.41. The maximum Gasteiger partial charge on any atom is 0.387 e. The fourth-order valence-corrected chi connectivity index (χ4v) is 4.48. The number of thiocarbonyl (C=S) groups is 1. The number of anilines is 1. The van der Waals surface area contributed by atoms with Gasteiger partial charge in [0.2, 0.25) is 0 Å². The van der Waals surface area contributed by atoms with Crippen LogP contribution in [0.25, 0.3) is 0 Å². The van der Waals surface area contributed by atoms with Crippen LogP contribution < -0.4 is 24.8 Å². The average Bonchev–Trinajstić information content (AvgIpc) is 3.63. The first-order chi connectivity index (χ1) is 16.3. The fraction of sp³-hybridized carbons (Fsp3) is 0.333. The Morgan fingerprint density at radius 2 is 1.88 bits per heavy atom. The van der Waals surface area contributed by atoms with Crippen LogP contribution in [0.3, 0.4) is 0 Å². The van der Waals surface area contributed by atoms with Crippen molar-refractivity contribution in [2.75, 3.05) is 19.5 Å². The second-order valence-corrected chi connectivity index (χ2v) is 8.31. The lowest BCUT2D eigenvalue weighted by molar-refractivity contribution is -0.113. The van der Waals surface area contributed by atoms with E-state index in [9.17, 15) is 13.6 Å². The number of alkyl halides is 2. The summed E-state index contributed by atoms with van der Waals surface area (Å²) in [7, 11) is 3.02. The third-order valence-corrected chi connectivity index (χ3v) is 6.10. The molecule has 1 atom stereocenters. The zero-order chi connectivity index (χ0) is 24.4. The van der Waals surface area contributed by atoms with Crippen molar-refractivity contribution < 1.29 is 27.8 Å². The molecular weight excluding hydrogens is 464 g/mol. The van der Waals surface area contributed by atoms with Crippen LogP contribution in [0.4, 0.5) is 14.5 Å². The van der Waals surface area contributed by atoms with E-state index in [1.54, 1.807) is 36.4 Å². The number of nitrogens with one attached hydrogen (secondary N) is 2. The second-order valence-electron chi connectivity index (χ2n) is 7.92. The van der Waals surface area contributed by atoms with Crippen molar-refractivity contribution in [1.82, 2.24) is 10.2 Å². The highest BCUT2D eigenvalue weighted by atomic mass is 32.1. The van der Waals surface area contributed by atoms with Crippen LogP contribution in [0.1, 0.15) is 31.4 Å². The highest BCUT2D eigenvalue weighted by molar-refractivity contribution is 7.80. The van der Waals surface area contributed by atoms with E-state index in [0.29, 0.717) is 39.1 Å². The average molecular weight is 490 g/mol. The van der Waals surface area contributed by atoms with Gasteiger partial charge in [-0.05, 0) is 50.2 Å². The number of methoxy groups -OCH3 is 2. The number of hydrogen-bond acceptors (Lipinski definition) is 5. The van der Waals surface area contributed by atoms with Gasteiger partial charge in [-0.3, -0.25) is 4.79 Å². The van der Waals surface area contributed by atoms with E-state index in [1.165, 1.54) is 20.3 Å². The maximum absolute atomic E-state index is 13.7. The molecule has 0 saturated heterocycles. The van der Waals surface area contributed by atoms with Crippen molar-refractivity contribution in [2.24, 2.45) is 0 Å². The lowest BCUT2D eigenvalue weighted by atomic mass is 9.93. The standard InChI is InChI=1S/C24H25F2N3O4S/c1-13-20(22(30)27-17-12-15(31-2)10-11-19(17)32-3)21(28-24(34)29(13)14-8-9-14)16-6-4-5-7-18(16)33-23(25)26/h4-7,10-12,14,21,23H,8-9H2,1-3H3,(H,27,30)(H,28,34)/t21-/m1/s1. The molecule has 0 spiro atoms. The number of carbonyl (C=O) groups excluding carboxylic acids is 1. The van der Waals surface area contributed by atoms with Crippen LogP contribution in [0.2, 0.25) is 0 Å².